The smallest absolute Gasteiger partial charge is 0.216 e. The Bertz CT molecular complexity index is 141. The minimum Gasteiger partial charge on any atom is -0.377 e. The first-order valence-electron chi connectivity index (χ1n) is 2.97. The maximum absolute atomic E-state index is 10.6. The van der Waals surface area contributed by atoms with Gasteiger partial charge >= 0.3 is 0 Å². The summed E-state index contributed by atoms with van der Waals surface area (Å²) in [5.41, 5.74) is 0. The van der Waals surface area contributed by atoms with E-state index in [4.69, 9.17) is 39.5 Å². The van der Waals surface area contributed by atoms with Gasteiger partial charge in [0.25, 0.3) is 0 Å². The van der Waals surface area contributed by atoms with Crippen molar-refractivity contribution in [1.29, 1.82) is 0 Å². The molecule has 0 spiro atoms. The lowest BCUT2D eigenvalue weighted by atomic mass is 10.2. The number of halogens is 3. The van der Waals surface area contributed by atoms with Crippen molar-refractivity contribution in [2.75, 3.05) is 7.11 Å². The molecule has 0 aliphatic rings. The lowest BCUT2D eigenvalue weighted by Crippen LogP contribution is -2.29. The van der Waals surface area contributed by atoms with Crippen molar-refractivity contribution in [1.82, 2.24) is 0 Å². The monoisotopic (exact) mass is 218 g/mol. The standard InChI is InChI=1S/C6H9Cl3O2/c1-4(10)3-5(11-2)6(7,8)9/h5H,3H2,1-2H3. The van der Waals surface area contributed by atoms with Crippen LogP contribution in [-0.2, 0) is 9.53 Å². The largest absolute Gasteiger partial charge is 0.377 e. The maximum Gasteiger partial charge on any atom is 0.216 e. The minimum atomic E-state index is -1.53. The van der Waals surface area contributed by atoms with Crippen LogP contribution >= 0.6 is 34.8 Å². The van der Waals surface area contributed by atoms with Gasteiger partial charge in [-0.3, -0.25) is 4.79 Å². The van der Waals surface area contributed by atoms with E-state index in [0.717, 1.165) is 0 Å². The summed E-state index contributed by atoms with van der Waals surface area (Å²) in [5.74, 6) is -0.0665. The second kappa shape index (κ2) is 4.51. The van der Waals surface area contributed by atoms with E-state index in [0.29, 0.717) is 0 Å². The molecule has 0 amide bonds. The first-order valence-corrected chi connectivity index (χ1v) is 4.10. The van der Waals surface area contributed by atoms with E-state index in [9.17, 15) is 4.79 Å². The molecule has 0 heterocycles. The quantitative estimate of drug-likeness (QED) is 0.681. The van der Waals surface area contributed by atoms with Crippen LogP contribution in [0.25, 0.3) is 0 Å². The highest BCUT2D eigenvalue weighted by molar-refractivity contribution is 6.68. The predicted octanol–water partition coefficient (Wildman–Crippen LogP) is 2.35. The number of methoxy groups -OCH3 is 1. The van der Waals surface area contributed by atoms with Crippen molar-refractivity contribution in [2.45, 2.75) is 23.2 Å². The van der Waals surface area contributed by atoms with Crippen LogP contribution in [0, 0.1) is 0 Å². The van der Waals surface area contributed by atoms with E-state index in [-0.39, 0.29) is 12.2 Å². The Morgan fingerprint density at radius 1 is 1.55 bits per heavy atom. The fourth-order valence-corrected chi connectivity index (χ4v) is 1.09. The van der Waals surface area contributed by atoms with E-state index in [1.54, 1.807) is 0 Å². The van der Waals surface area contributed by atoms with E-state index in [2.05, 4.69) is 0 Å². The van der Waals surface area contributed by atoms with E-state index in [1.165, 1.54) is 14.0 Å². The number of ketones is 1. The van der Waals surface area contributed by atoms with Crippen molar-refractivity contribution in [3.63, 3.8) is 0 Å². The summed E-state index contributed by atoms with van der Waals surface area (Å²) in [6.07, 6.45) is -0.544. The summed E-state index contributed by atoms with van der Waals surface area (Å²) in [4.78, 5) is 10.6. The molecule has 0 bridgehead atoms. The SMILES string of the molecule is COC(CC(C)=O)C(Cl)(Cl)Cl. The number of hydrogen-bond acceptors (Lipinski definition) is 2. The number of ether oxygens (including phenoxy) is 1. The molecule has 0 saturated heterocycles. The average molecular weight is 219 g/mol. The number of hydrogen-bond donors (Lipinski definition) is 0. The normalized spacial score (nSPS) is 14.6. The third-order valence-electron chi connectivity index (χ3n) is 1.12. The van der Waals surface area contributed by atoms with Crippen LogP contribution in [0.4, 0.5) is 0 Å². The second-order valence-electron chi connectivity index (χ2n) is 2.17. The first-order chi connectivity index (χ1) is 4.88. The second-order valence-corrected chi connectivity index (χ2v) is 4.54. The lowest BCUT2D eigenvalue weighted by Gasteiger charge is -2.21. The van der Waals surface area contributed by atoms with Crippen LogP contribution in [0.1, 0.15) is 13.3 Å². The summed E-state index contributed by atoms with van der Waals surface area (Å²) in [6, 6.07) is 0. The van der Waals surface area contributed by atoms with Crippen LogP contribution < -0.4 is 0 Å². The molecule has 1 atom stereocenters. The van der Waals surface area contributed by atoms with Crippen LogP contribution in [0.5, 0.6) is 0 Å². The third-order valence-corrected chi connectivity index (χ3v) is 1.85. The average Bonchev–Trinajstić information content (AvgIpc) is 1.79. The van der Waals surface area contributed by atoms with E-state index >= 15 is 0 Å². The zero-order valence-corrected chi connectivity index (χ0v) is 8.50. The topological polar surface area (TPSA) is 26.3 Å². The van der Waals surface area contributed by atoms with Gasteiger partial charge in [-0.15, -0.1) is 0 Å². The highest BCUT2D eigenvalue weighted by atomic mass is 35.6. The summed E-state index contributed by atoms with van der Waals surface area (Å²) >= 11 is 16.5. The van der Waals surface area contributed by atoms with Crippen molar-refractivity contribution in [3.8, 4) is 0 Å². The molecule has 66 valence electrons. The van der Waals surface area contributed by atoms with Crippen molar-refractivity contribution in [2.24, 2.45) is 0 Å². The van der Waals surface area contributed by atoms with Gasteiger partial charge in [-0.05, 0) is 6.92 Å². The van der Waals surface area contributed by atoms with Crippen LogP contribution in [0.3, 0.4) is 0 Å². The molecule has 0 N–H and O–H groups in total. The van der Waals surface area contributed by atoms with Crippen molar-refractivity contribution < 1.29 is 9.53 Å². The Labute approximate surface area is 80.7 Å². The lowest BCUT2D eigenvalue weighted by molar-refractivity contribution is -0.119. The molecule has 0 aromatic rings. The molecular weight excluding hydrogens is 210 g/mol. The number of rotatable bonds is 3. The molecule has 0 aromatic heterocycles. The molecule has 11 heavy (non-hydrogen) atoms. The van der Waals surface area contributed by atoms with E-state index < -0.39 is 9.90 Å². The van der Waals surface area contributed by atoms with Gasteiger partial charge in [-0.1, -0.05) is 34.8 Å². The number of Topliss-reactive ketones (excluding diaryl/α,β-unsaturated/α-hetero) is 1. The van der Waals surface area contributed by atoms with Gasteiger partial charge in [-0.2, -0.15) is 0 Å². The number of alkyl halides is 3. The molecular formula is C6H9Cl3O2. The Kier molecular flexibility index (Phi) is 4.71. The number of carbonyl (C=O) groups is 1. The first kappa shape index (κ1) is 11.5. The Morgan fingerprint density at radius 2 is 2.00 bits per heavy atom. The molecule has 0 radical (unpaired) electrons. The third kappa shape index (κ3) is 4.86. The highest BCUT2D eigenvalue weighted by Gasteiger charge is 2.33. The molecule has 0 aromatic carbocycles. The zero-order valence-electron chi connectivity index (χ0n) is 6.23. The maximum atomic E-state index is 10.6. The van der Waals surface area contributed by atoms with Crippen molar-refractivity contribution >= 4 is 40.6 Å². The fraction of sp³-hybridized carbons (Fsp3) is 0.833. The van der Waals surface area contributed by atoms with Crippen LogP contribution in [0.15, 0.2) is 0 Å². The Morgan fingerprint density at radius 3 is 2.09 bits per heavy atom. The summed E-state index contributed by atoms with van der Waals surface area (Å²) in [6.45, 7) is 1.42. The Hall–Kier alpha value is 0.500. The summed E-state index contributed by atoms with van der Waals surface area (Å²) < 4.78 is 3.28. The van der Waals surface area contributed by atoms with Gasteiger partial charge < -0.3 is 4.74 Å². The summed E-state index contributed by atoms with van der Waals surface area (Å²) in [5, 5.41) is 0. The molecule has 0 fully saturated rings. The molecule has 5 heteroatoms. The van der Waals surface area contributed by atoms with Crippen molar-refractivity contribution in [3.05, 3.63) is 0 Å². The molecule has 1 unspecified atom stereocenters. The van der Waals surface area contributed by atoms with Gasteiger partial charge in [-0.25, -0.2) is 0 Å². The highest BCUT2D eigenvalue weighted by Crippen LogP contribution is 2.33. The predicted molar refractivity (Wildman–Crippen MR) is 46.4 cm³/mol. The molecule has 0 rings (SSSR count). The van der Waals surface area contributed by atoms with Gasteiger partial charge in [0.1, 0.15) is 11.9 Å². The van der Waals surface area contributed by atoms with Gasteiger partial charge in [0.2, 0.25) is 3.79 Å². The molecule has 0 aliphatic carbocycles. The fourth-order valence-electron chi connectivity index (χ4n) is 0.594. The molecule has 0 aliphatic heterocycles. The van der Waals surface area contributed by atoms with Crippen LogP contribution in [0.2, 0.25) is 0 Å². The Balaban J connectivity index is 4.07. The van der Waals surface area contributed by atoms with Gasteiger partial charge in [0.05, 0.1) is 0 Å². The summed E-state index contributed by atoms with van der Waals surface area (Å²) in [7, 11) is 1.40. The number of carbonyl (C=O) groups excluding carboxylic acids is 1. The van der Waals surface area contributed by atoms with Gasteiger partial charge in [0.15, 0.2) is 0 Å². The zero-order chi connectivity index (χ0) is 9.07. The molecule has 0 saturated carbocycles. The van der Waals surface area contributed by atoms with Crippen LogP contribution in [-0.4, -0.2) is 22.8 Å². The van der Waals surface area contributed by atoms with E-state index in [1.807, 2.05) is 0 Å². The molecule has 2 nitrogen and oxygen atoms in total. The minimum absolute atomic E-state index is 0.0665. The van der Waals surface area contributed by atoms with Gasteiger partial charge in [0, 0.05) is 13.5 Å².